The maximum absolute atomic E-state index is 13.0. The second-order valence-corrected chi connectivity index (χ2v) is 9.51. The Labute approximate surface area is 185 Å². The van der Waals surface area contributed by atoms with E-state index in [1.165, 1.54) is 11.3 Å². The highest BCUT2D eigenvalue weighted by Crippen LogP contribution is 2.28. The number of anilines is 2. The molecule has 0 saturated carbocycles. The Hall–Kier alpha value is -2.98. The van der Waals surface area contributed by atoms with E-state index in [1.54, 1.807) is 31.2 Å². The van der Waals surface area contributed by atoms with Crippen LogP contribution in [0.3, 0.4) is 0 Å². The van der Waals surface area contributed by atoms with Gasteiger partial charge < -0.3 is 4.74 Å². The zero-order chi connectivity index (χ0) is 22.4. The summed E-state index contributed by atoms with van der Waals surface area (Å²) in [5.74, 6) is 0.150. The number of benzene rings is 2. The number of amides is 1. The summed E-state index contributed by atoms with van der Waals surface area (Å²) in [7, 11) is -3.73. The molecule has 0 unspecified atom stereocenters. The smallest absolute Gasteiger partial charge is 0.250 e. The quantitative estimate of drug-likeness (QED) is 0.521. The van der Waals surface area contributed by atoms with E-state index in [0.717, 1.165) is 16.1 Å². The predicted molar refractivity (Wildman–Crippen MR) is 123 cm³/mol. The van der Waals surface area contributed by atoms with Gasteiger partial charge in [0.2, 0.25) is 21.1 Å². The lowest BCUT2D eigenvalue weighted by molar-refractivity contribution is -0.117. The maximum Gasteiger partial charge on any atom is 0.250 e. The van der Waals surface area contributed by atoms with Crippen LogP contribution in [0.2, 0.25) is 0 Å². The number of ether oxygens (including phenoxy) is 1. The molecule has 3 rings (SSSR count). The summed E-state index contributed by atoms with van der Waals surface area (Å²) in [6.45, 7) is 4.12. The van der Waals surface area contributed by atoms with E-state index >= 15 is 0 Å². The van der Waals surface area contributed by atoms with Crippen molar-refractivity contribution >= 4 is 38.1 Å². The molecule has 3 aromatic rings. The molecule has 0 spiro atoms. The van der Waals surface area contributed by atoms with Gasteiger partial charge in [0.25, 0.3) is 0 Å². The monoisotopic (exact) mass is 460 g/mol. The Kier molecular flexibility index (Phi) is 7.24. The molecule has 0 radical (unpaired) electrons. The highest BCUT2D eigenvalue weighted by Gasteiger charge is 2.32. The van der Waals surface area contributed by atoms with Crippen molar-refractivity contribution in [1.29, 1.82) is 0 Å². The van der Waals surface area contributed by atoms with Gasteiger partial charge in [-0.2, -0.15) is 0 Å². The van der Waals surface area contributed by atoms with E-state index < -0.39 is 22.0 Å². The molecule has 0 aliphatic rings. The lowest BCUT2D eigenvalue weighted by Crippen LogP contribution is -2.47. The normalized spacial score (nSPS) is 12.2. The first-order valence-corrected chi connectivity index (χ1v) is 12.4. The molecule has 164 valence electrons. The Morgan fingerprint density at radius 2 is 1.77 bits per heavy atom. The number of carbonyl (C=O) groups is 1. The summed E-state index contributed by atoms with van der Waals surface area (Å²) in [6.07, 6.45) is 1.36. The predicted octanol–water partition coefficient (Wildman–Crippen LogP) is 3.79. The van der Waals surface area contributed by atoms with Crippen LogP contribution in [-0.2, 0) is 14.8 Å². The second-order valence-electron chi connectivity index (χ2n) is 6.68. The van der Waals surface area contributed by atoms with Crippen molar-refractivity contribution in [3.8, 4) is 16.3 Å². The number of sulfonamides is 1. The number of nitrogens with one attached hydrogen (secondary N) is 1. The van der Waals surface area contributed by atoms with Crippen molar-refractivity contribution in [2.45, 2.75) is 26.3 Å². The minimum atomic E-state index is -3.73. The fourth-order valence-corrected chi connectivity index (χ4v) is 5.04. The molecule has 8 nitrogen and oxygen atoms in total. The molecule has 1 heterocycles. The Morgan fingerprint density at radius 1 is 1.10 bits per heavy atom. The molecule has 0 aliphatic carbocycles. The number of hydrogen-bond acceptors (Lipinski definition) is 7. The van der Waals surface area contributed by atoms with Crippen LogP contribution in [0.5, 0.6) is 5.75 Å². The standard InChI is InChI=1S/C21H24N4O4S2/c1-4-18(25(31(3,27)28)16-11-13-17(14-12-16)29-5-2)19(26)22-21-24-23-20(30-21)15-9-7-6-8-10-15/h6-14,18H,4-5H2,1-3H3,(H,22,24,26)/t18-/m1/s1. The fraction of sp³-hybridized carbons (Fsp3) is 0.286. The van der Waals surface area contributed by atoms with Crippen LogP contribution in [0.15, 0.2) is 54.6 Å². The van der Waals surface area contributed by atoms with Gasteiger partial charge in [-0.1, -0.05) is 48.6 Å². The molecule has 1 N–H and O–H groups in total. The molecule has 0 bridgehead atoms. The van der Waals surface area contributed by atoms with Gasteiger partial charge in [0.05, 0.1) is 18.6 Å². The Morgan fingerprint density at radius 3 is 2.35 bits per heavy atom. The SMILES string of the molecule is CCOc1ccc(N([C@H](CC)C(=O)Nc2nnc(-c3ccccc3)s2)S(C)(=O)=O)cc1. The highest BCUT2D eigenvalue weighted by atomic mass is 32.2. The fourth-order valence-electron chi connectivity index (χ4n) is 3.08. The number of hydrogen-bond donors (Lipinski definition) is 1. The number of nitrogens with zero attached hydrogens (tertiary/aromatic N) is 3. The second kappa shape index (κ2) is 9.88. The number of aromatic nitrogens is 2. The van der Waals surface area contributed by atoms with E-state index in [2.05, 4.69) is 15.5 Å². The first kappa shape index (κ1) is 22.7. The third-order valence-corrected chi connectivity index (χ3v) is 6.48. The van der Waals surface area contributed by atoms with Gasteiger partial charge in [0, 0.05) is 5.56 Å². The van der Waals surface area contributed by atoms with Crippen molar-refractivity contribution in [3.05, 3.63) is 54.6 Å². The van der Waals surface area contributed by atoms with Crippen molar-refractivity contribution < 1.29 is 17.9 Å². The van der Waals surface area contributed by atoms with Crippen LogP contribution in [0.25, 0.3) is 10.6 Å². The lowest BCUT2D eigenvalue weighted by atomic mass is 10.2. The maximum atomic E-state index is 13.0. The average Bonchev–Trinajstić information content (AvgIpc) is 3.21. The van der Waals surface area contributed by atoms with E-state index in [0.29, 0.717) is 28.2 Å². The number of carbonyl (C=O) groups excluding carboxylic acids is 1. The van der Waals surface area contributed by atoms with Crippen LogP contribution >= 0.6 is 11.3 Å². The molecule has 31 heavy (non-hydrogen) atoms. The Balaban J connectivity index is 1.83. The molecule has 0 fully saturated rings. The van der Waals surface area contributed by atoms with Gasteiger partial charge in [0.15, 0.2) is 0 Å². The van der Waals surface area contributed by atoms with Crippen LogP contribution in [0.1, 0.15) is 20.3 Å². The zero-order valence-electron chi connectivity index (χ0n) is 17.5. The summed E-state index contributed by atoms with van der Waals surface area (Å²) in [5.41, 5.74) is 1.27. The van der Waals surface area contributed by atoms with Crippen LogP contribution in [-0.4, -0.2) is 43.4 Å². The van der Waals surface area contributed by atoms with E-state index in [4.69, 9.17) is 4.74 Å². The van der Waals surface area contributed by atoms with Gasteiger partial charge in [0.1, 0.15) is 16.8 Å². The summed E-state index contributed by atoms with van der Waals surface area (Å²) < 4.78 is 31.7. The molecule has 1 aromatic heterocycles. The topological polar surface area (TPSA) is 101 Å². The molecule has 0 saturated heterocycles. The summed E-state index contributed by atoms with van der Waals surface area (Å²) in [4.78, 5) is 13.0. The van der Waals surface area contributed by atoms with Crippen LogP contribution < -0.4 is 14.4 Å². The molecular weight excluding hydrogens is 436 g/mol. The largest absolute Gasteiger partial charge is 0.494 e. The van der Waals surface area contributed by atoms with Gasteiger partial charge in [-0.15, -0.1) is 10.2 Å². The molecule has 1 amide bonds. The third kappa shape index (κ3) is 5.59. The molecular formula is C21H24N4O4S2. The first-order chi connectivity index (χ1) is 14.8. The summed E-state index contributed by atoms with van der Waals surface area (Å²) in [6, 6.07) is 15.2. The minimum absolute atomic E-state index is 0.274. The molecule has 10 heteroatoms. The van der Waals surface area contributed by atoms with Gasteiger partial charge in [-0.25, -0.2) is 8.42 Å². The third-order valence-electron chi connectivity index (χ3n) is 4.41. The molecule has 1 atom stereocenters. The average molecular weight is 461 g/mol. The van der Waals surface area contributed by atoms with Crippen molar-refractivity contribution in [1.82, 2.24) is 10.2 Å². The van der Waals surface area contributed by atoms with E-state index in [9.17, 15) is 13.2 Å². The zero-order valence-corrected chi connectivity index (χ0v) is 19.1. The summed E-state index contributed by atoms with van der Waals surface area (Å²) >= 11 is 1.23. The van der Waals surface area contributed by atoms with Crippen molar-refractivity contribution in [3.63, 3.8) is 0 Å². The highest BCUT2D eigenvalue weighted by molar-refractivity contribution is 7.92. The summed E-state index contributed by atoms with van der Waals surface area (Å²) in [5, 5.41) is 11.8. The Bertz CT molecular complexity index is 1120. The molecule has 2 aromatic carbocycles. The minimum Gasteiger partial charge on any atom is -0.494 e. The van der Waals surface area contributed by atoms with E-state index in [1.807, 2.05) is 37.3 Å². The van der Waals surface area contributed by atoms with Gasteiger partial charge in [-0.3, -0.25) is 14.4 Å². The number of rotatable bonds is 9. The molecule has 0 aliphatic heterocycles. The van der Waals surface area contributed by atoms with Crippen molar-refractivity contribution in [2.75, 3.05) is 22.5 Å². The van der Waals surface area contributed by atoms with Gasteiger partial charge >= 0.3 is 0 Å². The van der Waals surface area contributed by atoms with Crippen molar-refractivity contribution in [2.24, 2.45) is 0 Å². The van der Waals surface area contributed by atoms with Crippen LogP contribution in [0.4, 0.5) is 10.8 Å². The van der Waals surface area contributed by atoms with Crippen LogP contribution in [0, 0.1) is 0 Å². The first-order valence-electron chi connectivity index (χ1n) is 9.75. The van der Waals surface area contributed by atoms with E-state index in [-0.39, 0.29) is 6.42 Å². The van der Waals surface area contributed by atoms with Gasteiger partial charge in [-0.05, 0) is 37.6 Å². The lowest BCUT2D eigenvalue weighted by Gasteiger charge is -2.29.